The smallest absolute Gasteiger partial charge is 0.426 e. The van der Waals surface area contributed by atoms with Crippen molar-refractivity contribution in [3.8, 4) is 11.5 Å². The van der Waals surface area contributed by atoms with E-state index in [2.05, 4.69) is 19.9 Å². The summed E-state index contributed by atoms with van der Waals surface area (Å²) < 4.78 is 68.0. The third kappa shape index (κ3) is 4.60. The summed E-state index contributed by atoms with van der Waals surface area (Å²) in [4.78, 5) is 6.52. The molecule has 1 saturated heterocycles. The molecular weight excluding hydrogens is 441 g/mol. The minimum absolute atomic E-state index is 0.000857. The zero-order chi connectivity index (χ0) is 22.2. The van der Waals surface area contributed by atoms with Crippen molar-refractivity contribution in [3.05, 3.63) is 42.5 Å². The first kappa shape index (κ1) is 21.4. The third-order valence-electron chi connectivity index (χ3n) is 4.92. The summed E-state index contributed by atoms with van der Waals surface area (Å²) in [5, 5.41) is 15.8. The molecule has 2 aromatic carbocycles. The Labute approximate surface area is 178 Å². The molecule has 0 atom stereocenters. The van der Waals surface area contributed by atoms with Crippen molar-refractivity contribution < 1.29 is 31.8 Å². The molecule has 0 unspecified atom stereocenters. The molecule has 3 aromatic rings. The zero-order valence-electron chi connectivity index (χ0n) is 16.0. The van der Waals surface area contributed by atoms with Gasteiger partial charge in [-0.15, -0.1) is 0 Å². The van der Waals surface area contributed by atoms with Gasteiger partial charge in [0.1, 0.15) is 11.3 Å². The molecule has 1 aliphatic heterocycles. The lowest BCUT2D eigenvalue weighted by atomic mass is 10.1. The van der Waals surface area contributed by atoms with Crippen molar-refractivity contribution in [1.29, 1.82) is 0 Å². The highest BCUT2D eigenvalue weighted by atomic mass is 32.1. The van der Waals surface area contributed by atoms with Gasteiger partial charge >= 0.3 is 12.3 Å². The zero-order valence-corrected chi connectivity index (χ0v) is 16.8. The van der Waals surface area contributed by atoms with Crippen LogP contribution in [0.1, 0.15) is 12.8 Å². The van der Waals surface area contributed by atoms with Gasteiger partial charge in [-0.2, -0.15) is 22.0 Å². The number of nitrogens with one attached hydrogen (secondary N) is 1. The summed E-state index contributed by atoms with van der Waals surface area (Å²) in [6, 6.07) is 10.1. The standard InChI is InChI=1S/C20H17F5N3O2S/c21-19(22,23)20(24,25)30-14-4-1-3-13(11-14)26-12-7-9-28(10-8-12)18-27-17-15(29)5-2-6-16(17)31-18/h1-6,11-12,26H,7-10H2. The van der Waals surface area contributed by atoms with Crippen molar-refractivity contribution in [2.24, 2.45) is 0 Å². The Hall–Kier alpha value is -2.82. The van der Waals surface area contributed by atoms with Crippen LogP contribution >= 0.6 is 11.3 Å². The number of alkyl halides is 5. The fourth-order valence-electron chi connectivity index (χ4n) is 3.35. The van der Waals surface area contributed by atoms with Gasteiger partial charge in [0.15, 0.2) is 5.13 Å². The van der Waals surface area contributed by atoms with Crippen LogP contribution in [-0.4, -0.2) is 36.4 Å². The van der Waals surface area contributed by atoms with Crippen molar-refractivity contribution in [3.63, 3.8) is 0 Å². The topological polar surface area (TPSA) is 57.3 Å². The summed E-state index contributed by atoms with van der Waals surface area (Å²) in [5.41, 5.74) is 0.847. The lowest BCUT2D eigenvalue weighted by Gasteiger charge is -2.32. The number of piperidine rings is 1. The van der Waals surface area contributed by atoms with E-state index in [1.165, 1.54) is 23.5 Å². The Balaban J connectivity index is 1.37. The molecule has 2 heterocycles. The molecule has 0 spiro atoms. The van der Waals surface area contributed by atoms with Gasteiger partial charge < -0.3 is 15.0 Å². The molecule has 0 bridgehead atoms. The van der Waals surface area contributed by atoms with Crippen molar-refractivity contribution in [2.45, 2.75) is 31.2 Å². The highest BCUT2D eigenvalue weighted by molar-refractivity contribution is 7.22. The van der Waals surface area contributed by atoms with Crippen molar-refractivity contribution in [2.75, 3.05) is 23.3 Å². The van der Waals surface area contributed by atoms with Gasteiger partial charge in [-0.05, 0) is 37.1 Å². The largest absolute Gasteiger partial charge is 0.499 e. The first-order chi connectivity index (χ1) is 14.6. The monoisotopic (exact) mass is 458 g/mol. The minimum Gasteiger partial charge on any atom is -0.426 e. The second kappa shape index (κ2) is 8.03. The fourth-order valence-corrected chi connectivity index (χ4v) is 4.39. The molecule has 31 heavy (non-hydrogen) atoms. The molecule has 0 amide bonds. The number of nitrogens with zero attached hydrogens (tertiary/aromatic N) is 2. The van der Waals surface area contributed by atoms with Crippen LogP contribution in [0.2, 0.25) is 0 Å². The number of anilines is 2. The number of hydrogen-bond acceptors (Lipinski definition) is 5. The Morgan fingerprint density at radius 2 is 1.77 bits per heavy atom. The van der Waals surface area contributed by atoms with Crippen LogP contribution in [0, 0.1) is 0 Å². The number of aromatic nitrogens is 1. The van der Waals surface area contributed by atoms with Crippen LogP contribution < -0.4 is 15.0 Å². The van der Waals surface area contributed by atoms with Gasteiger partial charge in [0.05, 0.1) is 4.70 Å². The summed E-state index contributed by atoms with van der Waals surface area (Å²) in [5.74, 6) is -0.692. The van der Waals surface area contributed by atoms with E-state index in [-0.39, 0.29) is 11.8 Å². The number of ether oxygens (including phenoxy) is 1. The Kier molecular flexibility index (Phi) is 5.54. The molecule has 165 valence electrons. The maximum absolute atomic E-state index is 13.1. The number of halogens is 5. The Morgan fingerprint density at radius 1 is 1.06 bits per heavy atom. The number of hydrogen-bond donors (Lipinski definition) is 1. The van der Waals surface area contributed by atoms with Crippen molar-refractivity contribution >= 4 is 32.4 Å². The molecule has 1 radical (unpaired) electrons. The van der Waals surface area contributed by atoms with Crippen LogP contribution in [0.4, 0.5) is 32.8 Å². The average Bonchev–Trinajstić information content (AvgIpc) is 3.13. The van der Waals surface area contributed by atoms with E-state index < -0.39 is 18.0 Å². The summed E-state index contributed by atoms with van der Waals surface area (Å²) in [6.07, 6.45) is -9.66. The molecule has 0 saturated carbocycles. The van der Waals surface area contributed by atoms with Crippen LogP contribution in [0.25, 0.3) is 10.2 Å². The van der Waals surface area contributed by atoms with Crippen LogP contribution in [0.15, 0.2) is 42.5 Å². The van der Waals surface area contributed by atoms with E-state index in [0.717, 1.165) is 22.0 Å². The van der Waals surface area contributed by atoms with Crippen LogP contribution in [0.5, 0.6) is 11.5 Å². The predicted octanol–water partition coefficient (Wildman–Crippen LogP) is 6.05. The maximum Gasteiger partial charge on any atom is 0.499 e. The van der Waals surface area contributed by atoms with Crippen LogP contribution in [0.3, 0.4) is 0 Å². The first-order valence-corrected chi connectivity index (χ1v) is 10.3. The number of rotatable bonds is 5. The van der Waals surface area contributed by atoms with Gasteiger partial charge in [0, 0.05) is 30.9 Å². The average molecular weight is 458 g/mol. The number of thiazole rings is 1. The molecule has 1 aromatic heterocycles. The normalized spacial score (nSPS) is 16.0. The second-order valence-corrected chi connectivity index (χ2v) is 8.16. The molecule has 1 N–H and O–H groups in total. The molecule has 1 fully saturated rings. The van der Waals surface area contributed by atoms with Gasteiger partial charge in [-0.3, -0.25) is 5.11 Å². The minimum atomic E-state index is -5.79. The van der Waals surface area contributed by atoms with Crippen molar-refractivity contribution in [1.82, 2.24) is 4.98 Å². The third-order valence-corrected chi connectivity index (χ3v) is 6.00. The van der Waals surface area contributed by atoms with Gasteiger partial charge in [-0.1, -0.05) is 23.5 Å². The predicted molar refractivity (Wildman–Crippen MR) is 107 cm³/mol. The summed E-state index contributed by atoms with van der Waals surface area (Å²) in [7, 11) is 0. The number of para-hydroxylation sites is 1. The first-order valence-electron chi connectivity index (χ1n) is 9.44. The number of fused-ring (bicyclic) bond motifs is 1. The Morgan fingerprint density at radius 3 is 2.45 bits per heavy atom. The van der Waals surface area contributed by atoms with Gasteiger partial charge in [0.25, 0.3) is 0 Å². The SMILES string of the molecule is [O]c1cccc2sc(N3CCC(Nc4cccc(OC(F)(F)C(F)(F)F)c4)CC3)nc12. The molecule has 5 nitrogen and oxygen atoms in total. The van der Waals surface area contributed by atoms with Crippen LogP contribution in [-0.2, 0) is 5.11 Å². The lowest BCUT2D eigenvalue weighted by molar-refractivity contribution is -0.360. The molecule has 1 aliphatic rings. The summed E-state index contributed by atoms with van der Waals surface area (Å²) in [6.45, 7) is 1.32. The lowest BCUT2D eigenvalue weighted by Crippen LogP contribution is -2.41. The molecule has 0 aliphatic carbocycles. The van der Waals surface area contributed by atoms with E-state index in [1.54, 1.807) is 12.1 Å². The van der Waals surface area contributed by atoms with Gasteiger partial charge in [-0.25, -0.2) is 4.98 Å². The Bertz CT molecular complexity index is 1060. The van der Waals surface area contributed by atoms with E-state index in [4.69, 9.17) is 0 Å². The fraction of sp³-hybridized carbons (Fsp3) is 0.350. The molecule has 11 heteroatoms. The van der Waals surface area contributed by atoms with E-state index in [9.17, 15) is 27.1 Å². The second-order valence-electron chi connectivity index (χ2n) is 7.15. The number of benzene rings is 2. The highest BCUT2D eigenvalue weighted by Crippen LogP contribution is 2.38. The molecular formula is C20H17F5N3O2S. The van der Waals surface area contributed by atoms with E-state index >= 15 is 0 Å². The molecule has 4 rings (SSSR count). The van der Waals surface area contributed by atoms with E-state index in [1.807, 2.05) is 6.07 Å². The maximum atomic E-state index is 13.1. The quantitative estimate of drug-likeness (QED) is 0.473. The van der Waals surface area contributed by atoms with Gasteiger partial charge in [0.2, 0.25) is 5.75 Å². The van der Waals surface area contributed by atoms with E-state index in [0.29, 0.717) is 37.1 Å². The highest BCUT2D eigenvalue weighted by Gasteiger charge is 2.61. The summed E-state index contributed by atoms with van der Waals surface area (Å²) >= 11 is 1.45.